The van der Waals surface area contributed by atoms with Crippen LogP contribution >= 0.6 is 0 Å². The lowest BCUT2D eigenvalue weighted by Crippen LogP contribution is -1.99. The summed E-state index contributed by atoms with van der Waals surface area (Å²) in [6, 6.07) is 22.6. The average molecular weight is 334 g/mol. The Morgan fingerprint density at radius 3 is 2.20 bits per heavy atom. The van der Waals surface area contributed by atoms with Crippen molar-refractivity contribution < 1.29 is 9.66 Å². The molecule has 0 radical (unpaired) electrons. The van der Waals surface area contributed by atoms with Gasteiger partial charge in [-0.2, -0.15) is 0 Å². The summed E-state index contributed by atoms with van der Waals surface area (Å²) in [5.41, 5.74) is 4.16. The van der Waals surface area contributed by atoms with E-state index in [1.165, 1.54) is 12.1 Å². The molecule has 0 amide bonds. The largest absolute Gasteiger partial charge is 0.497 e. The van der Waals surface area contributed by atoms with Crippen molar-refractivity contribution in [2.45, 2.75) is 6.54 Å². The van der Waals surface area contributed by atoms with E-state index in [-0.39, 0.29) is 5.69 Å². The van der Waals surface area contributed by atoms with Crippen LogP contribution in [0.25, 0.3) is 11.1 Å². The van der Waals surface area contributed by atoms with E-state index >= 15 is 0 Å². The number of hydrogen-bond donors (Lipinski definition) is 1. The van der Waals surface area contributed by atoms with Gasteiger partial charge in [0.25, 0.3) is 5.69 Å². The van der Waals surface area contributed by atoms with E-state index in [2.05, 4.69) is 17.4 Å². The van der Waals surface area contributed by atoms with E-state index in [0.29, 0.717) is 6.54 Å². The highest BCUT2D eigenvalue weighted by Gasteiger charge is 2.05. The number of non-ortho nitro benzene ring substituents is 1. The van der Waals surface area contributed by atoms with Crippen LogP contribution in [0.3, 0.4) is 0 Å². The summed E-state index contributed by atoms with van der Waals surface area (Å²) in [4.78, 5) is 10.4. The fourth-order valence-electron chi connectivity index (χ4n) is 2.53. The first kappa shape index (κ1) is 16.5. The van der Waals surface area contributed by atoms with Gasteiger partial charge in [0, 0.05) is 24.4 Å². The highest BCUT2D eigenvalue weighted by Crippen LogP contribution is 2.23. The molecule has 126 valence electrons. The lowest BCUT2D eigenvalue weighted by atomic mass is 10.0. The summed E-state index contributed by atoms with van der Waals surface area (Å²) in [6.45, 7) is 0.601. The number of nitro groups is 1. The van der Waals surface area contributed by atoms with Crippen molar-refractivity contribution in [1.29, 1.82) is 0 Å². The van der Waals surface area contributed by atoms with Crippen LogP contribution in [0.1, 0.15) is 5.56 Å². The van der Waals surface area contributed by atoms with Crippen LogP contribution in [0, 0.1) is 10.1 Å². The van der Waals surface area contributed by atoms with Crippen molar-refractivity contribution in [3.8, 4) is 16.9 Å². The minimum absolute atomic E-state index is 0.0832. The van der Waals surface area contributed by atoms with Gasteiger partial charge in [0.15, 0.2) is 0 Å². The first-order valence-electron chi connectivity index (χ1n) is 7.87. The number of nitrogens with zero attached hydrogens (tertiary/aromatic N) is 1. The molecule has 0 unspecified atom stereocenters. The summed E-state index contributed by atoms with van der Waals surface area (Å²) >= 11 is 0. The van der Waals surface area contributed by atoms with Gasteiger partial charge in [-0.3, -0.25) is 10.1 Å². The number of ether oxygens (including phenoxy) is 1. The van der Waals surface area contributed by atoms with Crippen LogP contribution in [0.4, 0.5) is 11.4 Å². The summed E-state index contributed by atoms with van der Waals surface area (Å²) < 4.78 is 5.17. The minimum Gasteiger partial charge on any atom is -0.497 e. The molecule has 0 heterocycles. The van der Waals surface area contributed by atoms with E-state index < -0.39 is 4.92 Å². The second-order valence-corrected chi connectivity index (χ2v) is 5.59. The maximum Gasteiger partial charge on any atom is 0.271 e. The third kappa shape index (κ3) is 4.14. The Bertz CT molecular complexity index is 859. The number of anilines is 1. The van der Waals surface area contributed by atoms with Gasteiger partial charge >= 0.3 is 0 Å². The van der Waals surface area contributed by atoms with Gasteiger partial charge in [-0.05, 0) is 34.9 Å². The second kappa shape index (κ2) is 7.49. The maximum absolute atomic E-state index is 10.8. The van der Waals surface area contributed by atoms with Gasteiger partial charge < -0.3 is 10.1 Å². The summed E-state index contributed by atoms with van der Waals surface area (Å²) in [5, 5.41) is 14.0. The SMILES string of the molecule is COc1ccc(-c2ccc(CNc3cccc([N+](=O)[O-])c3)cc2)cc1. The van der Waals surface area contributed by atoms with Gasteiger partial charge in [0.1, 0.15) is 5.75 Å². The molecular formula is C20H18N2O3. The monoisotopic (exact) mass is 334 g/mol. The Morgan fingerprint density at radius 1 is 0.960 bits per heavy atom. The Morgan fingerprint density at radius 2 is 1.60 bits per heavy atom. The van der Waals surface area contributed by atoms with Gasteiger partial charge in [-0.25, -0.2) is 0 Å². The highest BCUT2D eigenvalue weighted by molar-refractivity contribution is 5.64. The third-order valence-corrected chi connectivity index (χ3v) is 3.93. The molecule has 0 atom stereocenters. The molecule has 0 spiro atoms. The fourth-order valence-corrected chi connectivity index (χ4v) is 2.53. The van der Waals surface area contributed by atoms with Crippen LogP contribution in [-0.4, -0.2) is 12.0 Å². The first-order valence-corrected chi connectivity index (χ1v) is 7.87. The van der Waals surface area contributed by atoms with E-state index in [1.54, 1.807) is 13.2 Å². The van der Waals surface area contributed by atoms with Crippen molar-refractivity contribution in [2.75, 3.05) is 12.4 Å². The number of methoxy groups -OCH3 is 1. The summed E-state index contributed by atoms with van der Waals surface area (Å²) in [7, 11) is 1.65. The van der Waals surface area contributed by atoms with E-state index in [0.717, 1.165) is 28.1 Å². The number of nitrogens with one attached hydrogen (secondary N) is 1. The van der Waals surface area contributed by atoms with Crippen LogP contribution in [0.2, 0.25) is 0 Å². The Kier molecular flexibility index (Phi) is 4.95. The molecule has 0 aliphatic heterocycles. The minimum atomic E-state index is -0.394. The molecule has 25 heavy (non-hydrogen) atoms. The molecule has 1 N–H and O–H groups in total. The van der Waals surface area contributed by atoms with Gasteiger partial charge in [0.05, 0.1) is 12.0 Å². The summed E-state index contributed by atoms with van der Waals surface area (Å²) in [6.07, 6.45) is 0. The number of nitro benzene ring substituents is 1. The summed E-state index contributed by atoms with van der Waals surface area (Å²) in [5.74, 6) is 0.835. The molecule has 0 aliphatic rings. The molecule has 0 bridgehead atoms. The van der Waals surface area contributed by atoms with Crippen molar-refractivity contribution in [3.63, 3.8) is 0 Å². The van der Waals surface area contributed by atoms with Crippen molar-refractivity contribution in [3.05, 3.63) is 88.5 Å². The zero-order valence-corrected chi connectivity index (χ0v) is 13.8. The number of benzene rings is 3. The Balaban J connectivity index is 1.66. The van der Waals surface area contributed by atoms with Gasteiger partial charge in [-0.1, -0.05) is 42.5 Å². The van der Waals surface area contributed by atoms with Crippen molar-refractivity contribution in [2.24, 2.45) is 0 Å². The standard InChI is InChI=1S/C20H18N2O3/c1-25-20-11-9-17(10-12-20)16-7-5-15(6-8-16)14-21-18-3-2-4-19(13-18)22(23)24/h2-13,21H,14H2,1H3. The van der Waals surface area contributed by atoms with E-state index in [1.807, 2.05) is 42.5 Å². The zero-order valence-electron chi connectivity index (χ0n) is 13.8. The molecule has 0 aromatic heterocycles. The highest BCUT2D eigenvalue weighted by atomic mass is 16.6. The Hall–Kier alpha value is -3.34. The van der Waals surface area contributed by atoms with Crippen molar-refractivity contribution >= 4 is 11.4 Å². The molecule has 0 aliphatic carbocycles. The zero-order chi connectivity index (χ0) is 17.6. The normalized spacial score (nSPS) is 10.3. The van der Waals surface area contributed by atoms with E-state index in [9.17, 15) is 10.1 Å². The van der Waals surface area contributed by atoms with Crippen LogP contribution in [0.5, 0.6) is 5.75 Å². The van der Waals surface area contributed by atoms with E-state index in [4.69, 9.17) is 4.74 Å². The van der Waals surface area contributed by atoms with Crippen LogP contribution < -0.4 is 10.1 Å². The van der Waals surface area contributed by atoms with Gasteiger partial charge in [-0.15, -0.1) is 0 Å². The number of rotatable bonds is 6. The molecule has 0 saturated carbocycles. The smallest absolute Gasteiger partial charge is 0.271 e. The molecule has 0 saturated heterocycles. The molecule has 3 rings (SSSR count). The molecule has 3 aromatic carbocycles. The second-order valence-electron chi connectivity index (χ2n) is 5.59. The third-order valence-electron chi connectivity index (χ3n) is 3.93. The molecule has 3 aromatic rings. The van der Waals surface area contributed by atoms with Crippen molar-refractivity contribution in [1.82, 2.24) is 0 Å². The lowest BCUT2D eigenvalue weighted by Gasteiger charge is -2.08. The topological polar surface area (TPSA) is 64.4 Å². The lowest BCUT2D eigenvalue weighted by molar-refractivity contribution is -0.384. The molecular weight excluding hydrogens is 316 g/mol. The van der Waals surface area contributed by atoms with Crippen LogP contribution in [0.15, 0.2) is 72.8 Å². The van der Waals surface area contributed by atoms with Gasteiger partial charge in [0.2, 0.25) is 0 Å². The fraction of sp³-hybridized carbons (Fsp3) is 0.100. The first-order chi connectivity index (χ1) is 12.2. The predicted octanol–water partition coefficient (Wildman–Crippen LogP) is 4.88. The predicted molar refractivity (Wildman–Crippen MR) is 98.9 cm³/mol. The average Bonchev–Trinajstić information content (AvgIpc) is 2.67. The quantitative estimate of drug-likeness (QED) is 0.515. The molecule has 5 nitrogen and oxygen atoms in total. The molecule has 0 fully saturated rings. The maximum atomic E-state index is 10.8. The molecule has 5 heteroatoms. The number of hydrogen-bond acceptors (Lipinski definition) is 4. The Labute approximate surface area is 146 Å². The van der Waals surface area contributed by atoms with Crippen LogP contribution in [-0.2, 0) is 6.54 Å².